The molecule has 0 aliphatic heterocycles. The van der Waals surface area contributed by atoms with Crippen LogP contribution in [0.1, 0.15) is 50.7 Å². The first kappa shape index (κ1) is 13.0. The minimum absolute atomic E-state index is 0.129. The Labute approximate surface area is 107 Å². The van der Waals surface area contributed by atoms with Crippen molar-refractivity contribution in [3.05, 3.63) is 16.1 Å². The Morgan fingerprint density at radius 3 is 2.76 bits per heavy atom. The molecule has 1 heterocycles. The lowest BCUT2D eigenvalue weighted by Gasteiger charge is -2.14. The number of ether oxygens (including phenoxy) is 1. The summed E-state index contributed by atoms with van der Waals surface area (Å²) in [5.41, 5.74) is 7.15. The molecule has 2 atom stereocenters. The highest BCUT2D eigenvalue weighted by atomic mass is 32.1. The van der Waals surface area contributed by atoms with Gasteiger partial charge in [-0.3, -0.25) is 0 Å². The van der Waals surface area contributed by atoms with E-state index >= 15 is 0 Å². The maximum atomic E-state index is 5.86. The summed E-state index contributed by atoms with van der Waals surface area (Å²) in [6.07, 6.45) is 3.53. The molecule has 2 rings (SSSR count). The fraction of sp³-hybridized carbons (Fsp3) is 0.769. The first-order valence-corrected chi connectivity index (χ1v) is 7.15. The zero-order valence-corrected chi connectivity index (χ0v) is 11.7. The lowest BCUT2D eigenvalue weighted by molar-refractivity contribution is 0.0446. The van der Waals surface area contributed by atoms with Gasteiger partial charge >= 0.3 is 0 Å². The summed E-state index contributed by atoms with van der Waals surface area (Å²) < 4.78 is 5.85. The summed E-state index contributed by atoms with van der Waals surface area (Å²) in [4.78, 5) is 4.62. The highest BCUT2D eigenvalue weighted by Gasteiger charge is 2.23. The molecule has 2 unspecified atom stereocenters. The Hall–Kier alpha value is -0.450. The van der Waals surface area contributed by atoms with Gasteiger partial charge in [-0.15, -0.1) is 11.3 Å². The van der Waals surface area contributed by atoms with Crippen LogP contribution in [0.25, 0.3) is 0 Å². The topological polar surface area (TPSA) is 48.1 Å². The lowest BCUT2D eigenvalue weighted by atomic mass is 9.93. The minimum Gasteiger partial charge on any atom is -0.371 e. The maximum absolute atomic E-state index is 5.86. The fourth-order valence-electron chi connectivity index (χ4n) is 2.04. The Balaban J connectivity index is 1.85. The van der Waals surface area contributed by atoms with Crippen molar-refractivity contribution in [1.29, 1.82) is 0 Å². The molecule has 0 aromatic carbocycles. The zero-order valence-electron chi connectivity index (χ0n) is 10.9. The van der Waals surface area contributed by atoms with Gasteiger partial charge in [-0.05, 0) is 19.3 Å². The Morgan fingerprint density at radius 2 is 2.24 bits per heavy atom. The molecule has 1 aliphatic carbocycles. The van der Waals surface area contributed by atoms with Crippen molar-refractivity contribution >= 4 is 11.3 Å². The van der Waals surface area contributed by atoms with Crippen LogP contribution in [0.5, 0.6) is 0 Å². The SMILES string of the molecule is CC(C)(C)c1csc(COC2CCC(N)C2)n1. The van der Waals surface area contributed by atoms with Crippen LogP contribution in [-0.2, 0) is 16.8 Å². The lowest BCUT2D eigenvalue weighted by Crippen LogP contribution is -2.17. The van der Waals surface area contributed by atoms with Gasteiger partial charge in [0.1, 0.15) is 5.01 Å². The number of hydrogen-bond acceptors (Lipinski definition) is 4. The van der Waals surface area contributed by atoms with Crippen molar-refractivity contribution in [3.8, 4) is 0 Å². The summed E-state index contributed by atoms with van der Waals surface area (Å²) >= 11 is 1.69. The average Bonchev–Trinajstić information content (AvgIpc) is 2.82. The third kappa shape index (κ3) is 3.50. The third-order valence-electron chi connectivity index (χ3n) is 3.19. The second-order valence-corrected chi connectivity index (χ2v) is 6.83. The van der Waals surface area contributed by atoms with Gasteiger partial charge in [0.25, 0.3) is 0 Å². The van der Waals surface area contributed by atoms with Crippen LogP contribution in [0.3, 0.4) is 0 Å². The number of aromatic nitrogens is 1. The molecule has 0 bridgehead atoms. The fourth-order valence-corrected chi connectivity index (χ4v) is 2.98. The van der Waals surface area contributed by atoms with Gasteiger partial charge in [-0.2, -0.15) is 0 Å². The zero-order chi connectivity index (χ0) is 12.5. The van der Waals surface area contributed by atoms with Crippen LogP contribution >= 0.6 is 11.3 Å². The van der Waals surface area contributed by atoms with E-state index in [1.165, 1.54) is 0 Å². The normalized spacial score (nSPS) is 25.4. The molecule has 0 radical (unpaired) electrons. The molecule has 0 spiro atoms. The highest BCUT2D eigenvalue weighted by molar-refractivity contribution is 7.09. The molecule has 1 saturated carbocycles. The van der Waals surface area contributed by atoms with E-state index in [-0.39, 0.29) is 5.41 Å². The summed E-state index contributed by atoms with van der Waals surface area (Å²) in [6.45, 7) is 7.19. The van der Waals surface area contributed by atoms with E-state index in [0.717, 1.165) is 30.0 Å². The number of hydrogen-bond donors (Lipinski definition) is 1. The monoisotopic (exact) mass is 254 g/mol. The van der Waals surface area contributed by atoms with Gasteiger partial charge < -0.3 is 10.5 Å². The number of rotatable bonds is 3. The second kappa shape index (κ2) is 5.04. The van der Waals surface area contributed by atoms with Crippen molar-refractivity contribution in [3.63, 3.8) is 0 Å². The van der Waals surface area contributed by atoms with Crippen molar-refractivity contribution in [2.24, 2.45) is 5.73 Å². The summed E-state index contributed by atoms with van der Waals surface area (Å²) in [7, 11) is 0. The molecule has 1 aromatic heterocycles. The quantitative estimate of drug-likeness (QED) is 0.902. The van der Waals surface area contributed by atoms with Crippen molar-refractivity contribution in [2.75, 3.05) is 0 Å². The molecule has 0 amide bonds. The Bertz CT molecular complexity index is 370. The largest absolute Gasteiger partial charge is 0.371 e. The Morgan fingerprint density at radius 1 is 1.47 bits per heavy atom. The van der Waals surface area contributed by atoms with E-state index in [1.54, 1.807) is 11.3 Å². The van der Waals surface area contributed by atoms with Crippen molar-refractivity contribution in [2.45, 2.75) is 64.2 Å². The van der Waals surface area contributed by atoms with Crippen LogP contribution in [0.4, 0.5) is 0 Å². The second-order valence-electron chi connectivity index (χ2n) is 5.88. The van der Waals surface area contributed by atoms with Crippen LogP contribution in [0.15, 0.2) is 5.38 Å². The first-order chi connectivity index (χ1) is 7.95. The molecule has 2 N–H and O–H groups in total. The molecule has 1 fully saturated rings. The van der Waals surface area contributed by atoms with Gasteiger partial charge in [0.2, 0.25) is 0 Å². The molecule has 0 saturated heterocycles. The molecule has 1 aromatic rings. The Kier molecular flexibility index (Phi) is 3.85. The van der Waals surface area contributed by atoms with Crippen LogP contribution < -0.4 is 5.73 Å². The number of thiazole rings is 1. The predicted molar refractivity (Wildman–Crippen MR) is 71.2 cm³/mol. The van der Waals surface area contributed by atoms with Crippen LogP contribution in [0.2, 0.25) is 0 Å². The van der Waals surface area contributed by atoms with E-state index in [2.05, 4.69) is 31.1 Å². The van der Waals surface area contributed by atoms with Gasteiger partial charge in [-0.1, -0.05) is 20.8 Å². The highest BCUT2D eigenvalue weighted by Crippen LogP contribution is 2.26. The summed E-state index contributed by atoms with van der Waals surface area (Å²) in [6, 6.07) is 0.335. The van der Waals surface area contributed by atoms with Gasteiger partial charge in [0.15, 0.2) is 0 Å². The van der Waals surface area contributed by atoms with E-state index in [4.69, 9.17) is 10.5 Å². The van der Waals surface area contributed by atoms with Crippen molar-refractivity contribution in [1.82, 2.24) is 4.98 Å². The molecule has 17 heavy (non-hydrogen) atoms. The first-order valence-electron chi connectivity index (χ1n) is 6.27. The predicted octanol–water partition coefficient (Wildman–Crippen LogP) is 2.84. The molecule has 4 heteroatoms. The summed E-state index contributed by atoms with van der Waals surface area (Å²) in [5, 5.41) is 3.22. The van der Waals surface area contributed by atoms with Crippen LogP contribution in [-0.4, -0.2) is 17.1 Å². The number of nitrogens with two attached hydrogens (primary N) is 1. The van der Waals surface area contributed by atoms with Gasteiger partial charge in [0, 0.05) is 16.8 Å². The van der Waals surface area contributed by atoms with E-state index in [9.17, 15) is 0 Å². The molecule has 1 aliphatic rings. The van der Waals surface area contributed by atoms with E-state index in [0.29, 0.717) is 18.8 Å². The molecule has 3 nitrogen and oxygen atoms in total. The average molecular weight is 254 g/mol. The standard InChI is InChI=1S/C13H22N2OS/c1-13(2,3)11-8-17-12(15-11)7-16-10-5-4-9(14)6-10/h8-10H,4-7,14H2,1-3H3. The molecular formula is C13H22N2OS. The molecule has 96 valence electrons. The van der Waals surface area contributed by atoms with E-state index < -0.39 is 0 Å². The van der Waals surface area contributed by atoms with Gasteiger partial charge in [0.05, 0.1) is 18.4 Å². The van der Waals surface area contributed by atoms with E-state index in [1.807, 2.05) is 0 Å². The van der Waals surface area contributed by atoms with Gasteiger partial charge in [-0.25, -0.2) is 4.98 Å². The minimum atomic E-state index is 0.129. The number of nitrogens with zero attached hydrogens (tertiary/aromatic N) is 1. The van der Waals surface area contributed by atoms with Crippen molar-refractivity contribution < 1.29 is 4.74 Å². The summed E-state index contributed by atoms with van der Waals surface area (Å²) in [5.74, 6) is 0. The smallest absolute Gasteiger partial charge is 0.119 e. The maximum Gasteiger partial charge on any atom is 0.119 e. The molecular weight excluding hydrogens is 232 g/mol. The van der Waals surface area contributed by atoms with Crippen LogP contribution in [0, 0.1) is 0 Å². The third-order valence-corrected chi connectivity index (χ3v) is 4.01.